The molecule has 1 aliphatic rings. The van der Waals surface area contributed by atoms with Crippen LogP contribution in [-0.4, -0.2) is 52.7 Å². The van der Waals surface area contributed by atoms with E-state index in [-0.39, 0.29) is 5.91 Å². The van der Waals surface area contributed by atoms with Gasteiger partial charge in [0.05, 0.1) is 11.4 Å². The van der Waals surface area contributed by atoms with Crippen LogP contribution in [0.25, 0.3) is 0 Å². The van der Waals surface area contributed by atoms with Gasteiger partial charge in [-0.05, 0) is 44.5 Å². The lowest BCUT2D eigenvalue weighted by Gasteiger charge is -2.15. The van der Waals surface area contributed by atoms with E-state index in [4.69, 9.17) is 4.74 Å². The van der Waals surface area contributed by atoms with Crippen molar-refractivity contribution in [2.45, 2.75) is 31.3 Å². The molecular weight excluding hydrogens is 454 g/mol. The van der Waals surface area contributed by atoms with E-state index in [0.717, 1.165) is 40.9 Å². The first-order chi connectivity index (χ1) is 16.2. The highest BCUT2D eigenvalue weighted by Gasteiger charge is 2.13. The quantitative estimate of drug-likeness (QED) is 0.390. The number of carbonyl (C=O) groups is 1. The largest absolute Gasteiger partial charge is 0.485 e. The minimum atomic E-state index is 0.0337. The lowest BCUT2D eigenvalue weighted by atomic mass is 10.2. The Morgan fingerprint density at radius 1 is 1.24 bits per heavy atom. The summed E-state index contributed by atoms with van der Waals surface area (Å²) in [7, 11) is 0. The molecule has 1 fully saturated rings. The molecule has 4 rings (SSSR count). The first-order valence-corrected chi connectivity index (χ1v) is 13.0. The van der Waals surface area contributed by atoms with Crippen molar-refractivity contribution < 1.29 is 9.53 Å². The Labute approximate surface area is 203 Å². The Hall–Kier alpha value is -2.62. The predicted octanol–water partition coefficient (Wildman–Crippen LogP) is 4.47. The first-order valence-electron chi connectivity index (χ1n) is 11.1. The number of likely N-dealkylation sites (tertiary alicyclic amines) is 1. The van der Waals surface area contributed by atoms with Crippen LogP contribution in [0, 0.1) is 6.92 Å². The van der Waals surface area contributed by atoms with Gasteiger partial charge in [0.1, 0.15) is 6.61 Å². The van der Waals surface area contributed by atoms with Gasteiger partial charge in [-0.15, -0.1) is 23.1 Å². The fourth-order valence-electron chi connectivity index (χ4n) is 3.52. The lowest BCUT2D eigenvalue weighted by molar-refractivity contribution is -0.118. The molecule has 174 valence electrons. The van der Waals surface area contributed by atoms with Crippen LogP contribution in [0.15, 0.2) is 52.9 Å². The van der Waals surface area contributed by atoms with Crippen molar-refractivity contribution in [2.24, 2.45) is 0 Å². The van der Waals surface area contributed by atoms with Crippen molar-refractivity contribution in [1.82, 2.24) is 20.2 Å². The third-order valence-corrected chi connectivity index (χ3v) is 7.07. The maximum absolute atomic E-state index is 12.3. The van der Waals surface area contributed by atoms with E-state index in [1.807, 2.05) is 48.7 Å². The molecule has 3 heterocycles. The Morgan fingerprint density at radius 2 is 2.06 bits per heavy atom. The average molecular weight is 484 g/mol. The van der Waals surface area contributed by atoms with Crippen LogP contribution in [0.2, 0.25) is 0 Å². The number of thioether (sulfide) groups is 1. The molecule has 1 aliphatic heterocycles. The summed E-state index contributed by atoms with van der Waals surface area (Å²) in [4.78, 5) is 24.6. The summed E-state index contributed by atoms with van der Waals surface area (Å²) < 4.78 is 6.10. The number of thiazole rings is 1. The van der Waals surface area contributed by atoms with Crippen molar-refractivity contribution in [3.63, 3.8) is 0 Å². The second-order valence-electron chi connectivity index (χ2n) is 7.90. The van der Waals surface area contributed by atoms with Gasteiger partial charge in [0.2, 0.25) is 5.91 Å². The maximum atomic E-state index is 12.3. The zero-order valence-corrected chi connectivity index (χ0v) is 20.4. The van der Waals surface area contributed by atoms with E-state index in [1.165, 1.54) is 35.9 Å². The second kappa shape index (κ2) is 12.0. The average Bonchev–Trinajstić information content (AvgIpc) is 3.50. The molecule has 3 aromatic rings. The molecule has 2 N–H and O–H groups in total. The summed E-state index contributed by atoms with van der Waals surface area (Å²) >= 11 is 2.98. The van der Waals surface area contributed by atoms with Gasteiger partial charge < -0.3 is 20.3 Å². The zero-order chi connectivity index (χ0) is 22.9. The van der Waals surface area contributed by atoms with Crippen LogP contribution < -0.4 is 15.4 Å². The fourth-order valence-corrected chi connectivity index (χ4v) is 4.92. The number of rotatable bonds is 11. The summed E-state index contributed by atoms with van der Waals surface area (Å²) in [5.41, 5.74) is 2.03. The first kappa shape index (κ1) is 23.5. The van der Waals surface area contributed by atoms with Gasteiger partial charge in [-0.2, -0.15) is 0 Å². The number of pyridine rings is 1. The molecular formula is C24H29N5O2S2. The number of amides is 1. The number of anilines is 2. The third-order valence-electron chi connectivity index (χ3n) is 5.23. The van der Waals surface area contributed by atoms with Gasteiger partial charge in [-0.25, -0.2) is 9.97 Å². The molecule has 1 amide bonds. The smallest absolute Gasteiger partial charge is 0.230 e. The molecule has 7 nitrogen and oxygen atoms in total. The van der Waals surface area contributed by atoms with Gasteiger partial charge in [0.15, 0.2) is 16.7 Å². The summed E-state index contributed by atoms with van der Waals surface area (Å²) in [5, 5.41) is 9.02. The fraction of sp³-hybridized carbons (Fsp3) is 0.375. The zero-order valence-electron chi connectivity index (χ0n) is 18.8. The van der Waals surface area contributed by atoms with Crippen LogP contribution in [0.3, 0.4) is 0 Å². The van der Waals surface area contributed by atoms with Crippen LogP contribution in [0.5, 0.6) is 5.75 Å². The predicted molar refractivity (Wildman–Crippen MR) is 135 cm³/mol. The molecule has 0 radical (unpaired) electrons. The highest BCUT2D eigenvalue weighted by atomic mass is 32.2. The molecule has 0 saturated carbocycles. The normalized spacial score (nSPS) is 13.7. The second-order valence-corrected chi connectivity index (χ2v) is 9.81. The summed E-state index contributed by atoms with van der Waals surface area (Å²) in [6.45, 7) is 6.29. The van der Waals surface area contributed by atoms with Crippen molar-refractivity contribution >= 4 is 40.0 Å². The highest BCUT2D eigenvalue weighted by molar-refractivity contribution is 8.00. The molecule has 33 heavy (non-hydrogen) atoms. The molecule has 0 spiro atoms. The number of nitrogens with zero attached hydrogens (tertiary/aromatic N) is 3. The SMILES string of the molecule is Cc1csc(Nc2ncc(SCC(=O)NCCN3CCCC3)cc2OCc2ccccc2)n1. The molecule has 0 atom stereocenters. The number of carbonyl (C=O) groups excluding carboxylic acids is 1. The van der Waals surface area contributed by atoms with Gasteiger partial charge in [-0.3, -0.25) is 4.79 Å². The Kier molecular flexibility index (Phi) is 8.57. The topological polar surface area (TPSA) is 79.4 Å². The standard InChI is InChI=1S/C24H29N5O2S2/c1-18-16-33-24(27-18)28-23-21(31-15-19-7-3-2-4-8-19)13-20(14-26-23)32-17-22(30)25-9-12-29-10-5-6-11-29/h2-4,7-8,13-14,16H,5-6,9-12,15,17H2,1H3,(H,25,30)(H,26,27,28). The Balaban J connectivity index is 1.35. The molecule has 1 aromatic carbocycles. The molecule has 0 bridgehead atoms. The van der Waals surface area contributed by atoms with Crippen molar-refractivity contribution in [3.8, 4) is 5.75 Å². The van der Waals surface area contributed by atoms with Crippen LogP contribution in [-0.2, 0) is 11.4 Å². The van der Waals surface area contributed by atoms with E-state index in [0.29, 0.717) is 30.5 Å². The van der Waals surface area contributed by atoms with Gasteiger partial charge >= 0.3 is 0 Å². The third kappa shape index (κ3) is 7.45. The number of hydrogen-bond donors (Lipinski definition) is 2. The minimum absolute atomic E-state index is 0.0337. The number of nitrogens with one attached hydrogen (secondary N) is 2. The monoisotopic (exact) mass is 483 g/mol. The van der Waals surface area contributed by atoms with Crippen molar-refractivity contribution in [3.05, 3.63) is 59.2 Å². The van der Waals surface area contributed by atoms with Crippen LogP contribution >= 0.6 is 23.1 Å². The number of aryl methyl sites for hydroxylation is 1. The summed E-state index contributed by atoms with van der Waals surface area (Å²) in [6, 6.07) is 11.9. The summed E-state index contributed by atoms with van der Waals surface area (Å²) in [5.74, 6) is 1.62. The number of hydrogen-bond acceptors (Lipinski definition) is 8. The molecule has 9 heteroatoms. The van der Waals surface area contributed by atoms with Gasteiger partial charge in [-0.1, -0.05) is 30.3 Å². The van der Waals surface area contributed by atoms with Gasteiger partial charge in [0.25, 0.3) is 0 Å². The molecule has 1 saturated heterocycles. The van der Waals surface area contributed by atoms with E-state index in [2.05, 4.69) is 25.5 Å². The summed E-state index contributed by atoms with van der Waals surface area (Å²) in [6.07, 6.45) is 4.29. The van der Waals surface area contributed by atoms with E-state index < -0.39 is 0 Å². The van der Waals surface area contributed by atoms with E-state index in [1.54, 1.807) is 6.20 Å². The van der Waals surface area contributed by atoms with Crippen LogP contribution in [0.4, 0.5) is 10.9 Å². The molecule has 0 aliphatic carbocycles. The molecule has 2 aromatic heterocycles. The van der Waals surface area contributed by atoms with E-state index in [9.17, 15) is 4.79 Å². The number of ether oxygens (including phenoxy) is 1. The minimum Gasteiger partial charge on any atom is -0.485 e. The maximum Gasteiger partial charge on any atom is 0.230 e. The van der Waals surface area contributed by atoms with Crippen molar-refractivity contribution in [1.29, 1.82) is 0 Å². The number of benzene rings is 1. The lowest BCUT2D eigenvalue weighted by Crippen LogP contribution is -2.34. The van der Waals surface area contributed by atoms with Crippen molar-refractivity contribution in [2.75, 3.05) is 37.2 Å². The van der Waals surface area contributed by atoms with E-state index >= 15 is 0 Å². The van der Waals surface area contributed by atoms with Crippen LogP contribution in [0.1, 0.15) is 24.1 Å². The number of aromatic nitrogens is 2. The Bertz CT molecular complexity index is 1040. The highest BCUT2D eigenvalue weighted by Crippen LogP contribution is 2.32. The molecule has 0 unspecified atom stereocenters. The van der Waals surface area contributed by atoms with Gasteiger partial charge in [0, 0.05) is 29.6 Å². The Morgan fingerprint density at radius 3 is 2.82 bits per heavy atom.